The quantitative estimate of drug-likeness (QED) is 0.551. The number of benzene rings is 1. The monoisotopic (exact) mass is 264 g/mol. The number of imide groups is 1. The van der Waals surface area contributed by atoms with Crippen molar-refractivity contribution >= 4 is 34.5 Å². The number of amides is 3. The maximum Gasteiger partial charge on any atom is 0.290 e. The zero-order valence-electron chi connectivity index (χ0n) is 8.97. The molecule has 0 atom stereocenters. The van der Waals surface area contributed by atoms with E-state index < -0.39 is 17.1 Å². The van der Waals surface area contributed by atoms with Gasteiger partial charge in [0.15, 0.2) is 0 Å². The number of rotatable bonds is 2. The lowest BCUT2D eigenvalue weighted by molar-refractivity contribution is -0.116. The van der Waals surface area contributed by atoms with Crippen molar-refractivity contribution in [2.45, 2.75) is 0 Å². The molecule has 1 fully saturated rings. The van der Waals surface area contributed by atoms with Crippen LogP contribution in [-0.2, 0) is 9.59 Å². The molecule has 0 aliphatic carbocycles. The molecule has 6 nitrogen and oxygen atoms in total. The molecule has 1 aliphatic heterocycles. The number of phenolic OH excluding ortho intramolecular Hbond substituents is 1. The Kier molecular flexibility index (Phi) is 3.33. The normalized spacial score (nSPS) is 16.8. The number of carbonyl (C=O) groups excluding carboxylic acids is 3. The van der Waals surface area contributed by atoms with Gasteiger partial charge in [0.25, 0.3) is 11.1 Å². The Labute approximate surface area is 106 Å². The van der Waals surface area contributed by atoms with Crippen molar-refractivity contribution in [3.8, 4) is 5.75 Å². The van der Waals surface area contributed by atoms with E-state index in [4.69, 9.17) is 5.11 Å². The molecule has 3 amide bonds. The maximum absolute atomic E-state index is 11.6. The van der Waals surface area contributed by atoms with E-state index in [1.54, 1.807) is 0 Å². The molecule has 0 spiro atoms. The van der Waals surface area contributed by atoms with Crippen molar-refractivity contribution in [3.05, 3.63) is 35.2 Å². The third-order valence-corrected chi connectivity index (χ3v) is 2.85. The lowest BCUT2D eigenvalue weighted by Crippen LogP contribution is -2.18. The fourth-order valence-corrected chi connectivity index (χ4v) is 1.92. The predicted molar refractivity (Wildman–Crippen MR) is 65.9 cm³/mol. The first-order chi connectivity index (χ1) is 8.54. The van der Waals surface area contributed by atoms with E-state index >= 15 is 0 Å². The number of hydrogen-bond acceptors (Lipinski definition) is 5. The number of hydrogen-bond donors (Lipinski definition) is 3. The Morgan fingerprint density at radius 3 is 2.50 bits per heavy atom. The molecule has 0 aromatic heterocycles. The molecule has 0 saturated carbocycles. The van der Waals surface area contributed by atoms with Crippen LogP contribution in [0.4, 0.5) is 10.5 Å². The Bertz CT molecular complexity index is 551. The summed E-state index contributed by atoms with van der Waals surface area (Å²) < 4.78 is 0. The average molecular weight is 264 g/mol. The van der Waals surface area contributed by atoms with Crippen LogP contribution in [0.15, 0.2) is 35.2 Å². The second-order valence-electron chi connectivity index (χ2n) is 3.39. The van der Waals surface area contributed by atoms with Crippen molar-refractivity contribution in [1.82, 2.24) is 5.32 Å². The van der Waals surface area contributed by atoms with E-state index in [2.05, 4.69) is 5.32 Å². The van der Waals surface area contributed by atoms with E-state index in [9.17, 15) is 14.4 Å². The van der Waals surface area contributed by atoms with Crippen LogP contribution in [0, 0.1) is 0 Å². The first-order valence-corrected chi connectivity index (χ1v) is 5.71. The van der Waals surface area contributed by atoms with E-state index in [1.165, 1.54) is 24.3 Å². The third kappa shape index (κ3) is 2.89. The summed E-state index contributed by atoms with van der Waals surface area (Å²) in [7, 11) is 0. The van der Waals surface area contributed by atoms with Crippen molar-refractivity contribution in [1.29, 1.82) is 0 Å². The van der Waals surface area contributed by atoms with Gasteiger partial charge >= 0.3 is 0 Å². The molecule has 0 bridgehead atoms. The van der Waals surface area contributed by atoms with Crippen LogP contribution >= 0.6 is 11.8 Å². The molecule has 2 rings (SSSR count). The van der Waals surface area contributed by atoms with Crippen molar-refractivity contribution in [2.75, 3.05) is 5.32 Å². The molecule has 1 aliphatic rings. The summed E-state index contributed by atoms with van der Waals surface area (Å²) in [4.78, 5) is 33.7. The van der Waals surface area contributed by atoms with E-state index in [0.29, 0.717) is 17.4 Å². The summed E-state index contributed by atoms with van der Waals surface area (Å²) in [6.07, 6.45) is 1.05. The average Bonchev–Trinajstić information content (AvgIpc) is 2.61. The second-order valence-corrected chi connectivity index (χ2v) is 4.40. The zero-order valence-corrected chi connectivity index (χ0v) is 9.78. The van der Waals surface area contributed by atoms with Crippen molar-refractivity contribution in [2.24, 2.45) is 0 Å². The summed E-state index contributed by atoms with van der Waals surface area (Å²) in [5.41, 5.74) is 0.476. The number of aromatic hydroxyl groups is 1. The standard InChI is InChI=1S/C11H8N2O4S/c14-7-3-1-6(2-4-7)12-9(15)5-8-10(16)13-11(17)18-8/h1-5,14H,(H,12,15)(H,13,16,17)/b8-5+. The summed E-state index contributed by atoms with van der Waals surface area (Å²) in [5, 5.41) is 13.1. The van der Waals surface area contributed by atoms with E-state index in [-0.39, 0.29) is 10.7 Å². The van der Waals surface area contributed by atoms with Crippen LogP contribution in [0.3, 0.4) is 0 Å². The molecular formula is C11H8N2O4S. The summed E-state index contributed by atoms with van der Waals surface area (Å²) >= 11 is 0.676. The van der Waals surface area contributed by atoms with Gasteiger partial charge in [-0.3, -0.25) is 19.7 Å². The lowest BCUT2D eigenvalue weighted by Gasteiger charge is -2.01. The topological polar surface area (TPSA) is 95.5 Å². The largest absolute Gasteiger partial charge is 0.508 e. The van der Waals surface area contributed by atoms with Crippen LogP contribution in [0.5, 0.6) is 5.75 Å². The molecule has 1 aromatic carbocycles. The molecule has 0 unspecified atom stereocenters. The fourth-order valence-electron chi connectivity index (χ4n) is 1.26. The lowest BCUT2D eigenvalue weighted by atomic mass is 10.3. The fraction of sp³-hybridized carbons (Fsp3) is 0. The molecule has 1 aromatic rings. The summed E-state index contributed by atoms with van der Waals surface area (Å²) in [6.45, 7) is 0. The Morgan fingerprint density at radius 1 is 1.28 bits per heavy atom. The molecule has 7 heteroatoms. The van der Waals surface area contributed by atoms with Gasteiger partial charge in [0, 0.05) is 11.8 Å². The minimum absolute atomic E-state index is 0.0521. The Balaban J connectivity index is 2.05. The van der Waals surface area contributed by atoms with Crippen LogP contribution < -0.4 is 10.6 Å². The molecule has 18 heavy (non-hydrogen) atoms. The third-order valence-electron chi connectivity index (χ3n) is 2.04. The highest BCUT2D eigenvalue weighted by atomic mass is 32.2. The maximum atomic E-state index is 11.6. The van der Waals surface area contributed by atoms with Crippen LogP contribution in [-0.4, -0.2) is 22.2 Å². The van der Waals surface area contributed by atoms with Gasteiger partial charge < -0.3 is 10.4 Å². The van der Waals surface area contributed by atoms with Gasteiger partial charge in [-0.15, -0.1) is 0 Å². The predicted octanol–water partition coefficient (Wildman–Crippen LogP) is 1.20. The summed E-state index contributed by atoms with van der Waals surface area (Å²) in [6, 6.07) is 5.87. The zero-order chi connectivity index (χ0) is 13.1. The minimum atomic E-state index is -0.578. The first-order valence-electron chi connectivity index (χ1n) is 4.89. The summed E-state index contributed by atoms with van der Waals surface area (Å²) in [5.74, 6) is -1.01. The first kappa shape index (κ1) is 12.2. The second kappa shape index (κ2) is 4.92. The van der Waals surface area contributed by atoms with Gasteiger partial charge in [-0.05, 0) is 36.0 Å². The van der Waals surface area contributed by atoms with Gasteiger partial charge in [0.1, 0.15) is 5.75 Å². The smallest absolute Gasteiger partial charge is 0.290 e. The SMILES string of the molecule is O=C(/C=C1/SC(=O)NC1=O)Nc1ccc(O)cc1. The highest BCUT2D eigenvalue weighted by Gasteiger charge is 2.25. The number of thioether (sulfide) groups is 1. The van der Waals surface area contributed by atoms with Crippen LogP contribution in [0.25, 0.3) is 0 Å². The Hall–Kier alpha value is -2.28. The number of carbonyl (C=O) groups is 3. The molecule has 92 valence electrons. The number of nitrogens with one attached hydrogen (secondary N) is 2. The van der Waals surface area contributed by atoms with Gasteiger partial charge in [-0.1, -0.05) is 0 Å². The van der Waals surface area contributed by atoms with E-state index in [1.807, 2.05) is 5.32 Å². The van der Waals surface area contributed by atoms with Crippen molar-refractivity contribution in [3.63, 3.8) is 0 Å². The van der Waals surface area contributed by atoms with Crippen LogP contribution in [0.2, 0.25) is 0 Å². The minimum Gasteiger partial charge on any atom is -0.508 e. The van der Waals surface area contributed by atoms with Gasteiger partial charge in [-0.25, -0.2) is 0 Å². The van der Waals surface area contributed by atoms with Gasteiger partial charge in [0.2, 0.25) is 5.91 Å². The number of anilines is 1. The highest BCUT2D eigenvalue weighted by molar-refractivity contribution is 8.18. The van der Waals surface area contributed by atoms with E-state index in [0.717, 1.165) is 6.08 Å². The molecule has 0 radical (unpaired) electrons. The molecular weight excluding hydrogens is 256 g/mol. The van der Waals surface area contributed by atoms with Gasteiger partial charge in [0.05, 0.1) is 4.91 Å². The van der Waals surface area contributed by atoms with Gasteiger partial charge in [-0.2, -0.15) is 0 Å². The van der Waals surface area contributed by atoms with Crippen LogP contribution in [0.1, 0.15) is 0 Å². The molecule has 1 saturated heterocycles. The number of phenols is 1. The van der Waals surface area contributed by atoms with Crippen molar-refractivity contribution < 1.29 is 19.5 Å². The molecule has 3 N–H and O–H groups in total. The highest BCUT2D eigenvalue weighted by Crippen LogP contribution is 2.23. The Morgan fingerprint density at radius 2 is 1.94 bits per heavy atom. The molecule has 1 heterocycles.